The molecule has 0 radical (unpaired) electrons. The maximum absolute atomic E-state index is 12.9. The van der Waals surface area contributed by atoms with Crippen molar-refractivity contribution in [2.24, 2.45) is 0 Å². The number of hydrogen-bond donors (Lipinski definition) is 0. The van der Waals surface area contributed by atoms with Crippen LogP contribution in [0.15, 0.2) is 72.9 Å². The number of carbonyl (C=O) groups excluding carboxylic acids is 3. The quantitative estimate of drug-likeness (QED) is 0.0261. The maximum Gasteiger partial charge on any atom is 0.306 e. The van der Waals surface area contributed by atoms with Crippen LogP contribution in [-0.4, -0.2) is 37.2 Å². The van der Waals surface area contributed by atoms with E-state index in [4.69, 9.17) is 14.2 Å². The summed E-state index contributed by atoms with van der Waals surface area (Å²) >= 11 is 0. The van der Waals surface area contributed by atoms with Crippen molar-refractivity contribution in [3.8, 4) is 0 Å². The first kappa shape index (κ1) is 66.9. The minimum Gasteiger partial charge on any atom is -0.462 e. The van der Waals surface area contributed by atoms with Gasteiger partial charge in [-0.15, -0.1) is 0 Å². The molecule has 6 nitrogen and oxygen atoms in total. The molecule has 0 bridgehead atoms. The molecule has 0 saturated heterocycles. The standard InChI is InChI=1S/C64H112O6/c1-4-7-10-13-16-19-22-24-26-28-30-32-34-36-38-40-42-45-48-51-54-57-63(66)69-60-61(59-68-62(65)56-53-50-47-44-21-18-15-12-9-6-3)70-64(67)58-55-52-49-46-43-41-39-37-35-33-31-29-27-25-23-20-17-14-11-8-5-2/h7,10,12,15-16,19,24,26,29-32,61H,4-6,8-9,11,13-14,17-18,20-23,25,27-28,33-60H2,1-3H3/b10-7-,15-12-,19-16-,26-24-,31-29-,32-30-. The Morgan fingerprint density at radius 1 is 0.300 bits per heavy atom. The first-order valence-electron chi connectivity index (χ1n) is 29.9. The molecule has 0 aliphatic heterocycles. The van der Waals surface area contributed by atoms with Crippen molar-refractivity contribution in [2.75, 3.05) is 13.2 Å². The van der Waals surface area contributed by atoms with Gasteiger partial charge >= 0.3 is 17.9 Å². The lowest BCUT2D eigenvalue weighted by atomic mass is 10.1. The normalized spacial score (nSPS) is 12.6. The Kier molecular flexibility index (Phi) is 55.8. The SMILES string of the molecule is CC/C=C\C/C=C\C/C=C\C/C=C\CCCCCCCCCCC(=O)OCC(COC(=O)CCCCCCC/C=C\CCC)OC(=O)CCCCCCCCCCC/C=C\CCCCCCCCCC. The van der Waals surface area contributed by atoms with E-state index >= 15 is 0 Å². The van der Waals surface area contributed by atoms with Crippen molar-refractivity contribution in [1.29, 1.82) is 0 Å². The summed E-state index contributed by atoms with van der Waals surface area (Å²) in [6.07, 6.45) is 74.8. The van der Waals surface area contributed by atoms with Crippen LogP contribution >= 0.6 is 0 Å². The number of esters is 3. The van der Waals surface area contributed by atoms with E-state index in [1.54, 1.807) is 0 Å². The van der Waals surface area contributed by atoms with Crippen molar-refractivity contribution in [3.63, 3.8) is 0 Å². The summed E-state index contributed by atoms with van der Waals surface area (Å²) in [6.45, 7) is 6.47. The summed E-state index contributed by atoms with van der Waals surface area (Å²) < 4.78 is 16.9. The highest BCUT2D eigenvalue weighted by molar-refractivity contribution is 5.71. The minimum absolute atomic E-state index is 0.0823. The Bertz CT molecular complexity index is 1310. The molecule has 6 heteroatoms. The molecule has 0 aliphatic carbocycles. The largest absolute Gasteiger partial charge is 0.462 e. The molecule has 0 heterocycles. The monoisotopic (exact) mass is 977 g/mol. The minimum atomic E-state index is -0.783. The molecule has 0 spiro atoms. The van der Waals surface area contributed by atoms with Gasteiger partial charge in [-0.1, -0.05) is 248 Å². The van der Waals surface area contributed by atoms with Gasteiger partial charge in [0.1, 0.15) is 13.2 Å². The predicted molar refractivity (Wildman–Crippen MR) is 302 cm³/mol. The lowest BCUT2D eigenvalue weighted by Gasteiger charge is -2.18. The molecule has 0 aliphatic rings. The van der Waals surface area contributed by atoms with Crippen LogP contribution in [0.4, 0.5) is 0 Å². The van der Waals surface area contributed by atoms with E-state index in [-0.39, 0.29) is 31.1 Å². The second-order valence-electron chi connectivity index (χ2n) is 19.9. The lowest BCUT2D eigenvalue weighted by Crippen LogP contribution is -2.30. The Balaban J connectivity index is 4.29. The van der Waals surface area contributed by atoms with E-state index in [1.165, 1.54) is 154 Å². The zero-order valence-electron chi connectivity index (χ0n) is 46.3. The molecule has 404 valence electrons. The number of unbranched alkanes of at least 4 members (excludes halogenated alkanes) is 31. The first-order valence-corrected chi connectivity index (χ1v) is 29.9. The van der Waals surface area contributed by atoms with Crippen LogP contribution in [0.2, 0.25) is 0 Å². The number of ether oxygens (including phenoxy) is 3. The maximum atomic E-state index is 12.9. The van der Waals surface area contributed by atoms with Gasteiger partial charge in [0, 0.05) is 19.3 Å². The average molecular weight is 978 g/mol. The molecule has 0 fully saturated rings. The van der Waals surface area contributed by atoms with Gasteiger partial charge in [-0.25, -0.2) is 0 Å². The van der Waals surface area contributed by atoms with Crippen molar-refractivity contribution in [1.82, 2.24) is 0 Å². The van der Waals surface area contributed by atoms with Gasteiger partial charge in [0.15, 0.2) is 6.10 Å². The van der Waals surface area contributed by atoms with Gasteiger partial charge in [-0.2, -0.15) is 0 Å². The summed E-state index contributed by atoms with van der Waals surface area (Å²) in [4.78, 5) is 38.1. The van der Waals surface area contributed by atoms with Gasteiger partial charge in [0.2, 0.25) is 0 Å². The van der Waals surface area contributed by atoms with E-state index < -0.39 is 6.10 Å². The first-order chi connectivity index (χ1) is 34.5. The third-order valence-corrected chi connectivity index (χ3v) is 12.9. The predicted octanol–water partition coefficient (Wildman–Crippen LogP) is 20.2. The highest BCUT2D eigenvalue weighted by atomic mass is 16.6. The van der Waals surface area contributed by atoms with Gasteiger partial charge < -0.3 is 14.2 Å². The van der Waals surface area contributed by atoms with E-state index in [0.29, 0.717) is 19.3 Å². The third kappa shape index (κ3) is 55.8. The van der Waals surface area contributed by atoms with Crippen LogP contribution in [0.3, 0.4) is 0 Å². The fourth-order valence-electron chi connectivity index (χ4n) is 8.43. The van der Waals surface area contributed by atoms with E-state index in [1.807, 2.05) is 0 Å². The summed E-state index contributed by atoms with van der Waals surface area (Å²) in [7, 11) is 0. The van der Waals surface area contributed by atoms with Crippen LogP contribution in [-0.2, 0) is 28.6 Å². The van der Waals surface area contributed by atoms with Gasteiger partial charge in [0.05, 0.1) is 0 Å². The molecule has 1 unspecified atom stereocenters. The van der Waals surface area contributed by atoms with Crippen LogP contribution in [0.1, 0.15) is 297 Å². The molecule has 0 N–H and O–H groups in total. The molecule has 0 aromatic carbocycles. The van der Waals surface area contributed by atoms with Gasteiger partial charge in [-0.05, 0) is 103 Å². The number of allylic oxidation sites excluding steroid dienone is 12. The van der Waals surface area contributed by atoms with Crippen molar-refractivity contribution < 1.29 is 28.6 Å². The summed E-state index contributed by atoms with van der Waals surface area (Å²) in [5, 5.41) is 0. The Labute approximate surface area is 433 Å². The van der Waals surface area contributed by atoms with Crippen LogP contribution in [0, 0.1) is 0 Å². The number of hydrogen-bond acceptors (Lipinski definition) is 6. The molecular weight excluding hydrogens is 865 g/mol. The summed E-state index contributed by atoms with van der Waals surface area (Å²) in [5.74, 6) is -0.893. The number of carbonyl (C=O) groups is 3. The molecule has 1 atom stereocenters. The van der Waals surface area contributed by atoms with Gasteiger partial charge in [-0.3, -0.25) is 14.4 Å². The fourth-order valence-corrected chi connectivity index (χ4v) is 8.43. The zero-order chi connectivity index (χ0) is 50.7. The third-order valence-electron chi connectivity index (χ3n) is 12.9. The molecule has 0 saturated carbocycles. The second kappa shape index (κ2) is 58.4. The van der Waals surface area contributed by atoms with Crippen molar-refractivity contribution in [2.45, 2.75) is 303 Å². The summed E-state index contributed by atoms with van der Waals surface area (Å²) in [6, 6.07) is 0. The fraction of sp³-hybridized carbons (Fsp3) is 0.766. The average Bonchev–Trinajstić information content (AvgIpc) is 3.36. The smallest absolute Gasteiger partial charge is 0.306 e. The van der Waals surface area contributed by atoms with E-state index in [9.17, 15) is 14.4 Å². The van der Waals surface area contributed by atoms with E-state index in [0.717, 1.165) is 103 Å². The van der Waals surface area contributed by atoms with Crippen LogP contribution in [0.25, 0.3) is 0 Å². The summed E-state index contributed by atoms with van der Waals surface area (Å²) in [5.41, 5.74) is 0. The van der Waals surface area contributed by atoms with Crippen molar-refractivity contribution in [3.05, 3.63) is 72.9 Å². The highest BCUT2D eigenvalue weighted by Crippen LogP contribution is 2.16. The molecule has 0 amide bonds. The molecule has 0 rings (SSSR count). The molecule has 0 aromatic heterocycles. The lowest BCUT2D eigenvalue weighted by molar-refractivity contribution is -0.167. The topological polar surface area (TPSA) is 78.9 Å². The molecule has 0 aromatic rings. The Morgan fingerprint density at radius 2 is 0.586 bits per heavy atom. The highest BCUT2D eigenvalue weighted by Gasteiger charge is 2.19. The second-order valence-corrected chi connectivity index (χ2v) is 19.9. The number of rotatable bonds is 54. The van der Waals surface area contributed by atoms with Gasteiger partial charge in [0.25, 0.3) is 0 Å². The molecule has 70 heavy (non-hydrogen) atoms. The van der Waals surface area contributed by atoms with Crippen LogP contribution < -0.4 is 0 Å². The zero-order valence-corrected chi connectivity index (χ0v) is 46.3. The van der Waals surface area contributed by atoms with Crippen LogP contribution in [0.5, 0.6) is 0 Å². The Hall–Kier alpha value is -3.15. The van der Waals surface area contributed by atoms with E-state index in [2.05, 4.69) is 93.7 Å². The van der Waals surface area contributed by atoms with Crippen molar-refractivity contribution >= 4 is 17.9 Å². The molecular formula is C64H112O6. The Morgan fingerprint density at radius 3 is 0.943 bits per heavy atom.